The van der Waals surface area contributed by atoms with Crippen molar-refractivity contribution in [2.45, 2.75) is 18.9 Å². The number of carbonyl (C=O) groups is 2. The Morgan fingerprint density at radius 3 is 2.73 bits per heavy atom. The molecule has 1 fully saturated rings. The van der Waals surface area contributed by atoms with Crippen molar-refractivity contribution in [3.05, 3.63) is 0 Å². The molecule has 3 N–H and O–H groups in total. The molecule has 0 radical (unpaired) electrons. The van der Waals surface area contributed by atoms with Gasteiger partial charge in [0, 0.05) is 18.9 Å². The maximum atomic E-state index is 11.4. The van der Waals surface area contributed by atoms with Crippen LogP contribution in [0.2, 0.25) is 0 Å². The van der Waals surface area contributed by atoms with Crippen molar-refractivity contribution in [2.75, 3.05) is 19.6 Å². The van der Waals surface area contributed by atoms with Gasteiger partial charge in [-0.15, -0.1) is 0 Å². The van der Waals surface area contributed by atoms with E-state index in [4.69, 9.17) is 0 Å². The van der Waals surface area contributed by atoms with E-state index in [-0.39, 0.29) is 24.8 Å². The van der Waals surface area contributed by atoms with Crippen LogP contribution in [0.1, 0.15) is 12.8 Å². The topological polar surface area (TPSA) is 109 Å². The highest BCUT2D eigenvalue weighted by Gasteiger charge is 2.24. The number of carboxylic acids is 1. The van der Waals surface area contributed by atoms with Crippen LogP contribution in [0.15, 0.2) is 0 Å². The van der Waals surface area contributed by atoms with E-state index in [0.717, 1.165) is 0 Å². The van der Waals surface area contributed by atoms with Crippen molar-refractivity contribution < 1.29 is 25.1 Å². The number of hydrogen-bond acceptors (Lipinski definition) is 4. The standard InChI is InChI=1S/C9H15N2O4/c12-7-3-6(4-10-5-7)9(15)11-2-1-8(13)14/h6-7,10H,1-5H2,(H,11,15)(H,13,14)/q-1. The molecule has 0 aromatic carbocycles. The van der Waals surface area contributed by atoms with Crippen LogP contribution in [0.25, 0.3) is 0 Å². The average Bonchev–Trinajstić information content (AvgIpc) is 2.17. The maximum absolute atomic E-state index is 11.4. The van der Waals surface area contributed by atoms with Crippen molar-refractivity contribution in [1.82, 2.24) is 5.32 Å². The Morgan fingerprint density at radius 1 is 1.40 bits per heavy atom. The summed E-state index contributed by atoms with van der Waals surface area (Å²) in [5.41, 5.74) is 0. The third-order valence-corrected chi connectivity index (χ3v) is 2.43. The Hall–Kier alpha value is -1.14. The lowest BCUT2D eigenvalue weighted by atomic mass is 9.97. The first-order chi connectivity index (χ1) is 7.09. The Kier molecular flexibility index (Phi) is 4.51. The number of quaternary nitrogens is 1. The third-order valence-electron chi connectivity index (χ3n) is 2.43. The second-order valence-electron chi connectivity index (χ2n) is 3.73. The first-order valence-corrected chi connectivity index (χ1v) is 5.04. The molecule has 86 valence electrons. The predicted octanol–water partition coefficient (Wildman–Crippen LogP) is -4.45. The molecule has 15 heavy (non-hydrogen) atoms. The van der Waals surface area contributed by atoms with Gasteiger partial charge in [0.25, 0.3) is 0 Å². The molecular weight excluding hydrogens is 200 g/mol. The number of carboxylic acid groups (broad SMARTS) is 1. The molecule has 2 unspecified atom stereocenters. The minimum absolute atomic E-state index is 0.0706. The van der Waals surface area contributed by atoms with Gasteiger partial charge in [-0.25, -0.2) is 0 Å². The van der Waals surface area contributed by atoms with E-state index < -0.39 is 12.1 Å². The van der Waals surface area contributed by atoms with Gasteiger partial charge in [-0.2, -0.15) is 0 Å². The van der Waals surface area contributed by atoms with Gasteiger partial charge < -0.3 is 25.6 Å². The Bertz CT molecular complexity index is 244. The van der Waals surface area contributed by atoms with Crippen LogP contribution in [0.3, 0.4) is 0 Å². The normalized spacial score (nSPS) is 25.9. The van der Waals surface area contributed by atoms with Gasteiger partial charge >= 0.3 is 0 Å². The maximum Gasteiger partial charge on any atom is 0.228 e. The summed E-state index contributed by atoms with van der Waals surface area (Å²) >= 11 is 0. The van der Waals surface area contributed by atoms with Crippen LogP contribution in [-0.4, -0.2) is 37.6 Å². The van der Waals surface area contributed by atoms with Crippen molar-refractivity contribution in [3.63, 3.8) is 0 Å². The first kappa shape index (κ1) is 11.9. The molecule has 0 spiro atoms. The van der Waals surface area contributed by atoms with Gasteiger partial charge in [0.2, 0.25) is 5.91 Å². The molecule has 0 bridgehead atoms. The van der Waals surface area contributed by atoms with Crippen molar-refractivity contribution in [1.29, 1.82) is 0 Å². The lowest BCUT2D eigenvalue weighted by Gasteiger charge is -2.30. The SMILES string of the molecule is O=C([O-])CCNC(=O)C1C[NH2+]CC([O-])C1. The highest BCUT2D eigenvalue weighted by atomic mass is 16.4. The number of rotatable bonds is 4. The summed E-state index contributed by atoms with van der Waals surface area (Å²) < 4.78 is 0. The zero-order valence-corrected chi connectivity index (χ0v) is 8.40. The lowest BCUT2D eigenvalue weighted by molar-refractivity contribution is -0.696. The quantitative estimate of drug-likeness (QED) is 0.493. The van der Waals surface area contributed by atoms with Gasteiger partial charge in [-0.05, 0) is 6.42 Å². The molecule has 0 aromatic heterocycles. The van der Waals surface area contributed by atoms with Crippen LogP contribution >= 0.6 is 0 Å². The molecule has 1 rings (SSSR count). The number of hydrogen-bond donors (Lipinski definition) is 2. The summed E-state index contributed by atoms with van der Waals surface area (Å²) in [6.07, 6.45) is -0.549. The van der Waals surface area contributed by atoms with Crippen LogP contribution in [0, 0.1) is 5.92 Å². The minimum atomic E-state index is -1.19. The van der Waals surface area contributed by atoms with E-state index in [1.807, 2.05) is 5.32 Å². The number of piperidine rings is 1. The first-order valence-electron chi connectivity index (χ1n) is 5.04. The summed E-state index contributed by atoms with van der Waals surface area (Å²) in [7, 11) is 0. The number of nitrogens with two attached hydrogens (primary N) is 1. The van der Waals surface area contributed by atoms with Gasteiger partial charge in [-0.3, -0.25) is 4.79 Å². The zero-order chi connectivity index (χ0) is 11.3. The van der Waals surface area contributed by atoms with Crippen LogP contribution in [-0.2, 0) is 9.59 Å². The minimum Gasteiger partial charge on any atom is -0.848 e. The molecule has 0 aliphatic carbocycles. The van der Waals surface area contributed by atoms with E-state index in [2.05, 4.69) is 5.32 Å². The highest BCUT2D eigenvalue weighted by Crippen LogP contribution is 2.05. The largest absolute Gasteiger partial charge is 0.848 e. The molecule has 1 aliphatic heterocycles. The van der Waals surface area contributed by atoms with Crippen LogP contribution in [0.5, 0.6) is 0 Å². The molecule has 1 heterocycles. The molecule has 2 atom stereocenters. The Balaban J connectivity index is 2.24. The monoisotopic (exact) mass is 215 g/mol. The second kappa shape index (κ2) is 5.67. The number of aliphatic carboxylic acids is 1. The summed E-state index contributed by atoms with van der Waals surface area (Å²) in [5.74, 6) is -1.71. The smallest absolute Gasteiger partial charge is 0.228 e. The Morgan fingerprint density at radius 2 is 2.13 bits per heavy atom. The summed E-state index contributed by atoms with van der Waals surface area (Å²) in [6.45, 7) is 1.19. The lowest BCUT2D eigenvalue weighted by Crippen LogP contribution is -2.91. The molecule has 6 nitrogen and oxygen atoms in total. The number of carbonyl (C=O) groups excluding carboxylic acids is 2. The van der Waals surface area contributed by atoms with Gasteiger partial charge in [0.05, 0.1) is 19.0 Å². The summed E-state index contributed by atoms with van der Waals surface area (Å²) in [5, 5.41) is 25.5. The second-order valence-corrected chi connectivity index (χ2v) is 3.73. The molecule has 6 heteroatoms. The van der Waals surface area contributed by atoms with Gasteiger partial charge in [0.1, 0.15) is 0 Å². The summed E-state index contributed by atoms with van der Waals surface area (Å²) in [4.78, 5) is 21.5. The zero-order valence-electron chi connectivity index (χ0n) is 8.40. The molecule has 1 amide bonds. The fourth-order valence-electron chi connectivity index (χ4n) is 1.64. The van der Waals surface area contributed by atoms with E-state index in [1.165, 1.54) is 0 Å². The fourth-order valence-corrected chi connectivity index (χ4v) is 1.64. The highest BCUT2D eigenvalue weighted by molar-refractivity contribution is 5.79. The molecule has 1 aliphatic rings. The molecule has 0 saturated carbocycles. The van der Waals surface area contributed by atoms with Gasteiger partial charge in [-0.1, -0.05) is 6.10 Å². The van der Waals surface area contributed by atoms with Gasteiger partial charge in [0.15, 0.2) is 0 Å². The molecular formula is C9H15N2O4-. The van der Waals surface area contributed by atoms with Crippen molar-refractivity contribution in [2.24, 2.45) is 5.92 Å². The van der Waals surface area contributed by atoms with E-state index in [0.29, 0.717) is 19.5 Å². The van der Waals surface area contributed by atoms with Crippen molar-refractivity contribution in [3.8, 4) is 0 Å². The predicted molar refractivity (Wildman–Crippen MR) is 46.2 cm³/mol. The van der Waals surface area contributed by atoms with Crippen LogP contribution in [0.4, 0.5) is 0 Å². The number of nitrogens with one attached hydrogen (secondary N) is 1. The fraction of sp³-hybridized carbons (Fsp3) is 0.778. The van der Waals surface area contributed by atoms with Crippen LogP contribution < -0.4 is 20.8 Å². The molecule has 0 aromatic rings. The van der Waals surface area contributed by atoms with E-state index in [9.17, 15) is 19.8 Å². The molecule has 1 saturated heterocycles. The van der Waals surface area contributed by atoms with Crippen molar-refractivity contribution >= 4 is 11.9 Å². The average molecular weight is 215 g/mol. The van der Waals surface area contributed by atoms with E-state index >= 15 is 0 Å². The number of amides is 1. The van der Waals surface area contributed by atoms with E-state index in [1.54, 1.807) is 0 Å². The summed E-state index contributed by atoms with van der Waals surface area (Å²) in [6, 6.07) is 0. The Labute approximate surface area is 87.7 Å². The third kappa shape index (κ3) is 4.26.